The van der Waals surface area contributed by atoms with E-state index in [4.69, 9.17) is 16.6 Å². The lowest BCUT2D eigenvalue weighted by atomic mass is 10.1. The number of rotatable bonds is 2. The molecule has 0 atom stereocenters. The molecule has 1 rings (SSSR count). The van der Waals surface area contributed by atoms with Crippen LogP contribution in [0.4, 0.5) is 15.8 Å². The van der Waals surface area contributed by atoms with Gasteiger partial charge in [0, 0.05) is 11.6 Å². The third-order valence-corrected chi connectivity index (χ3v) is 1.61. The summed E-state index contributed by atoms with van der Waals surface area (Å²) in [5.41, 5.74) is 11.4. The molecule has 14 heavy (non-hydrogen) atoms. The van der Waals surface area contributed by atoms with Gasteiger partial charge in [-0.3, -0.25) is 0 Å². The summed E-state index contributed by atoms with van der Waals surface area (Å²) in [6, 6.07) is 2.19. The molecule has 0 aliphatic heterocycles. The number of aliphatic carboxylic acids is 1. The second-order valence-corrected chi connectivity index (χ2v) is 2.67. The molecule has 1 aromatic rings. The van der Waals surface area contributed by atoms with Gasteiger partial charge >= 0.3 is 5.97 Å². The van der Waals surface area contributed by atoms with Crippen LogP contribution in [-0.2, 0) is 4.79 Å². The molecule has 0 aliphatic rings. The Morgan fingerprint density at radius 2 is 2.07 bits per heavy atom. The molecule has 0 bridgehead atoms. The van der Waals surface area contributed by atoms with Crippen molar-refractivity contribution in [2.75, 3.05) is 11.5 Å². The minimum Gasteiger partial charge on any atom is -0.478 e. The van der Waals surface area contributed by atoms with E-state index in [9.17, 15) is 9.18 Å². The largest absolute Gasteiger partial charge is 0.478 e. The number of halogens is 1. The van der Waals surface area contributed by atoms with Crippen LogP contribution in [0.3, 0.4) is 0 Å². The average molecular weight is 196 g/mol. The van der Waals surface area contributed by atoms with Crippen LogP contribution >= 0.6 is 0 Å². The Morgan fingerprint density at radius 1 is 1.43 bits per heavy atom. The molecule has 0 amide bonds. The lowest BCUT2D eigenvalue weighted by molar-refractivity contribution is -0.131. The number of carboxylic acid groups (broad SMARTS) is 1. The zero-order valence-electron chi connectivity index (χ0n) is 7.20. The summed E-state index contributed by atoms with van der Waals surface area (Å²) < 4.78 is 12.8. The van der Waals surface area contributed by atoms with Gasteiger partial charge in [-0.15, -0.1) is 0 Å². The summed E-state index contributed by atoms with van der Waals surface area (Å²) in [5.74, 6) is -1.69. The number of carbonyl (C=O) groups is 1. The fourth-order valence-corrected chi connectivity index (χ4v) is 0.960. The van der Waals surface area contributed by atoms with E-state index in [2.05, 4.69) is 0 Å². The van der Waals surface area contributed by atoms with Crippen LogP contribution < -0.4 is 11.5 Å². The third kappa shape index (κ3) is 2.22. The van der Waals surface area contributed by atoms with E-state index in [0.717, 1.165) is 18.2 Å². The molecule has 74 valence electrons. The second kappa shape index (κ2) is 3.78. The molecule has 0 aromatic heterocycles. The molecule has 0 unspecified atom stereocenters. The normalized spacial score (nSPS) is 10.6. The smallest absolute Gasteiger partial charge is 0.328 e. The third-order valence-electron chi connectivity index (χ3n) is 1.61. The first kappa shape index (κ1) is 10.0. The Labute approximate surface area is 79.6 Å². The molecule has 0 aliphatic carbocycles. The van der Waals surface area contributed by atoms with E-state index >= 15 is 0 Å². The van der Waals surface area contributed by atoms with Gasteiger partial charge in [0.05, 0.1) is 11.4 Å². The fraction of sp³-hybridized carbons (Fsp3) is 0. The molecule has 0 fully saturated rings. The topological polar surface area (TPSA) is 89.3 Å². The lowest BCUT2D eigenvalue weighted by Crippen LogP contribution is -1.98. The van der Waals surface area contributed by atoms with Crippen LogP contribution in [0.1, 0.15) is 5.56 Å². The van der Waals surface area contributed by atoms with Gasteiger partial charge in [0.1, 0.15) is 5.82 Å². The Morgan fingerprint density at radius 3 is 2.64 bits per heavy atom. The molecule has 0 saturated carbocycles. The Hall–Kier alpha value is -2.04. The number of benzene rings is 1. The highest BCUT2D eigenvalue weighted by atomic mass is 19.1. The number of nitrogen functional groups attached to an aromatic ring is 2. The van der Waals surface area contributed by atoms with Crippen LogP contribution in [0.2, 0.25) is 0 Å². The summed E-state index contributed by atoms with van der Waals surface area (Å²) in [5, 5.41) is 8.35. The maximum atomic E-state index is 12.8. The maximum Gasteiger partial charge on any atom is 0.328 e. The standard InChI is InChI=1S/C9H9FN2O2/c10-6-3-5(1-2-8(13)14)9(12)7(11)4-6/h1-4H,11-12H2,(H,13,14). The Bertz CT molecular complexity index is 402. The van der Waals surface area contributed by atoms with E-state index in [1.807, 2.05) is 0 Å². The molecule has 0 radical (unpaired) electrons. The van der Waals surface area contributed by atoms with Gasteiger partial charge < -0.3 is 16.6 Å². The average Bonchev–Trinajstić information content (AvgIpc) is 2.08. The predicted molar refractivity (Wildman–Crippen MR) is 51.9 cm³/mol. The van der Waals surface area contributed by atoms with E-state index in [1.54, 1.807) is 0 Å². The van der Waals surface area contributed by atoms with E-state index in [1.165, 1.54) is 6.08 Å². The number of hydrogen-bond donors (Lipinski definition) is 3. The molecule has 4 nitrogen and oxygen atoms in total. The summed E-state index contributed by atoms with van der Waals surface area (Å²) in [6.45, 7) is 0. The molecular weight excluding hydrogens is 187 g/mol. The van der Waals surface area contributed by atoms with Gasteiger partial charge in [-0.1, -0.05) is 0 Å². The molecule has 0 spiro atoms. The van der Waals surface area contributed by atoms with Gasteiger partial charge in [0.15, 0.2) is 0 Å². The SMILES string of the molecule is Nc1cc(F)cc(C=CC(=O)O)c1N. The van der Waals surface area contributed by atoms with Crippen molar-refractivity contribution in [2.24, 2.45) is 0 Å². The molecule has 0 saturated heterocycles. The van der Waals surface area contributed by atoms with Crippen molar-refractivity contribution in [3.05, 3.63) is 29.6 Å². The first-order chi connectivity index (χ1) is 6.50. The van der Waals surface area contributed by atoms with Crippen LogP contribution in [0.5, 0.6) is 0 Å². The minimum absolute atomic E-state index is 0.0926. The highest BCUT2D eigenvalue weighted by Gasteiger charge is 2.03. The van der Waals surface area contributed by atoms with Crippen LogP contribution in [0, 0.1) is 5.82 Å². The van der Waals surface area contributed by atoms with E-state index < -0.39 is 11.8 Å². The van der Waals surface area contributed by atoms with Crippen molar-refractivity contribution in [1.29, 1.82) is 0 Å². The first-order valence-electron chi connectivity index (χ1n) is 3.76. The summed E-state index contributed by atoms with van der Waals surface area (Å²) in [6.07, 6.45) is 2.06. The summed E-state index contributed by atoms with van der Waals surface area (Å²) >= 11 is 0. The molecule has 0 heterocycles. The molecular formula is C9H9FN2O2. The van der Waals surface area contributed by atoms with Gasteiger partial charge in [-0.2, -0.15) is 0 Å². The highest BCUT2D eigenvalue weighted by Crippen LogP contribution is 2.22. The van der Waals surface area contributed by atoms with Gasteiger partial charge in [0.2, 0.25) is 0 Å². The van der Waals surface area contributed by atoms with E-state index in [0.29, 0.717) is 0 Å². The molecule has 5 N–H and O–H groups in total. The molecule has 1 aromatic carbocycles. The van der Waals surface area contributed by atoms with Gasteiger partial charge in [-0.05, 0) is 18.2 Å². The van der Waals surface area contributed by atoms with Gasteiger partial charge in [0.25, 0.3) is 0 Å². The van der Waals surface area contributed by atoms with Crippen molar-refractivity contribution >= 4 is 23.4 Å². The van der Waals surface area contributed by atoms with Gasteiger partial charge in [-0.25, -0.2) is 9.18 Å². The summed E-state index contributed by atoms with van der Waals surface area (Å²) in [4.78, 5) is 10.2. The number of hydrogen-bond acceptors (Lipinski definition) is 3. The van der Waals surface area contributed by atoms with Crippen LogP contribution in [-0.4, -0.2) is 11.1 Å². The minimum atomic E-state index is -1.13. The zero-order chi connectivity index (χ0) is 10.7. The van der Waals surface area contributed by atoms with Crippen molar-refractivity contribution in [3.8, 4) is 0 Å². The number of nitrogens with two attached hydrogens (primary N) is 2. The van der Waals surface area contributed by atoms with Crippen molar-refractivity contribution in [2.45, 2.75) is 0 Å². The maximum absolute atomic E-state index is 12.8. The van der Waals surface area contributed by atoms with Crippen LogP contribution in [0.25, 0.3) is 6.08 Å². The Balaban J connectivity index is 3.14. The summed E-state index contributed by atoms with van der Waals surface area (Å²) in [7, 11) is 0. The van der Waals surface area contributed by atoms with Crippen molar-refractivity contribution < 1.29 is 14.3 Å². The van der Waals surface area contributed by atoms with Crippen LogP contribution in [0.15, 0.2) is 18.2 Å². The Kier molecular flexibility index (Phi) is 2.71. The number of anilines is 2. The first-order valence-corrected chi connectivity index (χ1v) is 3.76. The highest BCUT2D eigenvalue weighted by molar-refractivity contribution is 5.88. The monoisotopic (exact) mass is 196 g/mol. The number of carboxylic acids is 1. The van der Waals surface area contributed by atoms with E-state index in [-0.39, 0.29) is 16.9 Å². The quantitative estimate of drug-likeness (QED) is 0.487. The second-order valence-electron chi connectivity index (χ2n) is 2.67. The molecule has 5 heteroatoms. The fourth-order valence-electron chi connectivity index (χ4n) is 0.960. The van der Waals surface area contributed by atoms with Crippen molar-refractivity contribution in [1.82, 2.24) is 0 Å². The van der Waals surface area contributed by atoms with Crippen molar-refractivity contribution in [3.63, 3.8) is 0 Å². The lowest BCUT2D eigenvalue weighted by Gasteiger charge is -2.03. The predicted octanol–water partition coefficient (Wildman–Crippen LogP) is 1.09. The zero-order valence-corrected chi connectivity index (χ0v) is 7.20.